The summed E-state index contributed by atoms with van der Waals surface area (Å²) in [6.45, 7) is 0. The molecule has 0 radical (unpaired) electrons. The topological polar surface area (TPSA) is 64.4 Å². The van der Waals surface area contributed by atoms with Gasteiger partial charge in [-0.05, 0) is 69.3 Å². The van der Waals surface area contributed by atoms with Gasteiger partial charge in [0.25, 0.3) is 0 Å². The first-order valence-electron chi connectivity index (χ1n) is 11.0. The van der Waals surface area contributed by atoms with Gasteiger partial charge in [0, 0.05) is 23.9 Å². The predicted octanol–water partition coefficient (Wildman–Crippen LogP) is 4.51. The van der Waals surface area contributed by atoms with Gasteiger partial charge >= 0.3 is 0 Å². The number of para-hydroxylation sites is 1. The Bertz CT molecular complexity index is 704. The standard InChI is InChI=1S/C23H32N2O2.ClH/c24-21-15-6-5-7-16(21)13-17(12-15)22(26)25-19-14-23(10-3-4-11-23)27-20-9-2-1-8-18(19)20;/h1-2,8-9,15-17,19,21H,3-7,10-14,24H2,(H,25,26);1H. The molecule has 1 aromatic rings. The number of benzene rings is 1. The molecule has 3 aliphatic carbocycles. The van der Waals surface area contributed by atoms with Crippen molar-refractivity contribution in [1.29, 1.82) is 0 Å². The molecule has 1 spiro atoms. The second kappa shape index (κ2) is 7.87. The molecule has 2 bridgehead atoms. The molecule has 3 unspecified atom stereocenters. The molecule has 1 amide bonds. The van der Waals surface area contributed by atoms with E-state index in [9.17, 15) is 4.79 Å². The van der Waals surface area contributed by atoms with E-state index in [4.69, 9.17) is 10.5 Å². The fraction of sp³-hybridized carbons (Fsp3) is 0.696. The van der Waals surface area contributed by atoms with Gasteiger partial charge < -0.3 is 15.8 Å². The number of fused-ring (bicyclic) bond motifs is 3. The fourth-order valence-corrected chi connectivity index (χ4v) is 6.37. The molecule has 3 fully saturated rings. The number of hydrogen-bond donors (Lipinski definition) is 2. The van der Waals surface area contributed by atoms with Crippen LogP contribution in [-0.4, -0.2) is 17.6 Å². The van der Waals surface area contributed by atoms with Crippen molar-refractivity contribution in [2.45, 2.75) is 81.9 Å². The smallest absolute Gasteiger partial charge is 0.223 e. The van der Waals surface area contributed by atoms with Crippen LogP contribution in [0.15, 0.2) is 24.3 Å². The van der Waals surface area contributed by atoms with E-state index < -0.39 is 0 Å². The van der Waals surface area contributed by atoms with Crippen LogP contribution in [0.25, 0.3) is 0 Å². The second-order valence-corrected chi connectivity index (χ2v) is 9.49. The molecule has 4 nitrogen and oxygen atoms in total. The van der Waals surface area contributed by atoms with Crippen LogP contribution in [-0.2, 0) is 4.79 Å². The minimum absolute atomic E-state index is 0. The third-order valence-corrected chi connectivity index (χ3v) is 7.81. The van der Waals surface area contributed by atoms with Crippen molar-refractivity contribution in [2.24, 2.45) is 23.5 Å². The van der Waals surface area contributed by atoms with E-state index in [0.717, 1.165) is 43.4 Å². The number of rotatable bonds is 2. The number of nitrogens with two attached hydrogens (primary N) is 1. The minimum atomic E-state index is -0.0717. The minimum Gasteiger partial charge on any atom is -0.487 e. The average Bonchev–Trinajstić information content (AvgIpc) is 3.08. The summed E-state index contributed by atoms with van der Waals surface area (Å²) in [6.07, 6.45) is 11.2. The molecule has 3 N–H and O–H groups in total. The Kier molecular flexibility index (Phi) is 5.63. The summed E-state index contributed by atoms with van der Waals surface area (Å²) in [4.78, 5) is 13.2. The average molecular weight is 405 g/mol. The summed E-state index contributed by atoms with van der Waals surface area (Å²) in [5.41, 5.74) is 7.50. The molecule has 5 heteroatoms. The number of amides is 1. The number of ether oxygens (including phenoxy) is 1. The van der Waals surface area contributed by atoms with Crippen LogP contribution < -0.4 is 15.8 Å². The lowest BCUT2D eigenvalue weighted by Crippen LogP contribution is -2.50. The maximum absolute atomic E-state index is 13.2. The van der Waals surface area contributed by atoms with Gasteiger partial charge in [-0.25, -0.2) is 0 Å². The van der Waals surface area contributed by atoms with Gasteiger partial charge in [-0.2, -0.15) is 0 Å². The highest BCUT2D eigenvalue weighted by Crippen LogP contribution is 2.47. The third-order valence-electron chi connectivity index (χ3n) is 7.81. The van der Waals surface area contributed by atoms with Crippen LogP contribution in [0.4, 0.5) is 0 Å². The van der Waals surface area contributed by atoms with Crippen molar-refractivity contribution < 1.29 is 9.53 Å². The highest BCUT2D eigenvalue weighted by molar-refractivity contribution is 5.85. The number of nitrogens with one attached hydrogen (secondary N) is 1. The van der Waals surface area contributed by atoms with Gasteiger partial charge in [-0.15, -0.1) is 12.4 Å². The third kappa shape index (κ3) is 3.54. The lowest BCUT2D eigenvalue weighted by Gasteiger charge is -2.44. The summed E-state index contributed by atoms with van der Waals surface area (Å²) in [5, 5.41) is 3.44. The first-order valence-corrected chi connectivity index (χ1v) is 11.0. The lowest BCUT2D eigenvalue weighted by molar-refractivity contribution is -0.129. The number of halogens is 1. The van der Waals surface area contributed by atoms with Crippen LogP contribution in [0.1, 0.15) is 75.8 Å². The van der Waals surface area contributed by atoms with Crippen LogP contribution in [0.5, 0.6) is 5.75 Å². The van der Waals surface area contributed by atoms with Crippen LogP contribution in [0, 0.1) is 17.8 Å². The Morgan fingerprint density at radius 1 is 1.07 bits per heavy atom. The maximum atomic E-state index is 13.2. The molecule has 1 aromatic carbocycles. The lowest BCUT2D eigenvalue weighted by atomic mass is 9.65. The Morgan fingerprint density at radius 2 is 1.75 bits per heavy atom. The van der Waals surface area contributed by atoms with Crippen molar-refractivity contribution >= 4 is 18.3 Å². The zero-order chi connectivity index (χ0) is 18.4. The SMILES string of the molecule is Cl.NC1C2CCCC1CC(C(=O)NC1CC3(CCCC3)Oc3ccccc31)C2. The zero-order valence-corrected chi connectivity index (χ0v) is 17.4. The van der Waals surface area contributed by atoms with Gasteiger partial charge in [0.15, 0.2) is 0 Å². The van der Waals surface area contributed by atoms with Gasteiger partial charge in [-0.1, -0.05) is 24.6 Å². The molecule has 154 valence electrons. The van der Waals surface area contributed by atoms with E-state index in [1.54, 1.807) is 0 Å². The van der Waals surface area contributed by atoms with Gasteiger partial charge in [-0.3, -0.25) is 4.79 Å². The number of carbonyl (C=O) groups excluding carboxylic acids is 1. The van der Waals surface area contributed by atoms with Crippen molar-refractivity contribution in [1.82, 2.24) is 5.32 Å². The normalized spacial score (nSPS) is 35.4. The molecular weight excluding hydrogens is 372 g/mol. The Labute approximate surface area is 174 Å². The maximum Gasteiger partial charge on any atom is 0.223 e. The van der Waals surface area contributed by atoms with Gasteiger partial charge in [0.05, 0.1) is 6.04 Å². The molecule has 1 heterocycles. The van der Waals surface area contributed by atoms with Crippen LogP contribution >= 0.6 is 12.4 Å². The van der Waals surface area contributed by atoms with E-state index in [0.29, 0.717) is 17.9 Å². The van der Waals surface area contributed by atoms with Crippen molar-refractivity contribution in [3.8, 4) is 5.75 Å². The predicted molar refractivity (Wildman–Crippen MR) is 113 cm³/mol. The first kappa shape index (κ1) is 20.0. The summed E-state index contributed by atoms with van der Waals surface area (Å²) in [6, 6.07) is 8.67. The molecule has 5 rings (SSSR count). The molecular formula is C23H33ClN2O2. The molecule has 3 atom stereocenters. The molecule has 0 saturated heterocycles. The van der Waals surface area contributed by atoms with Gasteiger partial charge in [0.1, 0.15) is 11.4 Å². The largest absolute Gasteiger partial charge is 0.487 e. The fourth-order valence-electron chi connectivity index (χ4n) is 6.37. The van der Waals surface area contributed by atoms with E-state index in [1.807, 2.05) is 6.07 Å². The van der Waals surface area contributed by atoms with E-state index >= 15 is 0 Å². The summed E-state index contributed by atoms with van der Waals surface area (Å²) in [7, 11) is 0. The van der Waals surface area contributed by atoms with Crippen LogP contribution in [0.3, 0.4) is 0 Å². The van der Waals surface area contributed by atoms with E-state index in [1.165, 1.54) is 32.1 Å². The van der Waals surface area contributed by atoms with Crippen LogP contribution in [0.2, 0.25) is 0 Å². The second-order valence-electron chi connectivity index (χ2n) is 9.49. The molecule has 0 aromatic heterocycles. The molecule has 3 saturated carbocycles. The first-order chi connectivity index (χ1) is 13.1. The summed E-state index contributed by atoms with van der Waals surface area (Å²) in [5.74, 6) is 2.43. The van der Waals surface area contributed by atoms with Gasteiger partial charge in [0.2, 0.25) is 5.91 Å². The quantitative estimate of drug-likeness (QED) is 0.761. The van der Waals surface area contributed by atoms with E-state index in [-0.39, 0.29) is 35.9 Å². The Hall–Kier alpha value is -1.26. The summed E-state index contributed by atoms with van der Waals surface area (Å²) >= 11 is 0. The number of hydrogen-bond acceptors (Lipinski definition) is 3. The molecule has 4 aliphatic rings. The summed E-state index contributed by atoms with van der Waals surface area (Å²) < 4.78 is 6.44. The highest BCUT2D eigenvalue weighted by Gasteiger charge is 2.45. The van der Waals surface area contributed by atoms with Crippen molar-refractivity contribution in [2.75, 3.05) is 0 Å². The molecule has 28 heavy (non-hydrogen) atoms. The Morgan fingerprint density at radius 3 is 2.46 bits per heavy atom. The zero-order valence-electron chi connectivity index (χ0n) is 16.6. The van der Waals surface area contributed by atoms with Crippen molar-refractivity contribution in [3.63, 3.8) is 0 Å². The van der Waals surface area contributed by atoms with Crippen molar-refractivity contribution in [3.05, 3.63) is 29.8 Å². The highest BCUT2D eigenvalue weighted by atomic mass is 35.5. The Balaban J connectivity index is 0.00000192. The number of carbonyl (C=O) groups is 1. The van der Waals surface area contributed by atoms with E-state index in [2.05, 4.69) is 23.5 Å². The molecule has 1 aliphatic heterocycles. The monoisotopic (exact) mass is 404 g/mol.